The summed E-state index contributed by atoms with van der Waals surface area (Å²) in [6.07, 6.45) is 0. The Morgan fingerprint density at radius 2 is 1.80 bits per heavy atom. The summed E-state index contributed by atoms with van der Waals surface area (Å²) in [5.41, 5.74) is 2.77. The SMILES string of the molecule is CC(Nc1ccc(C#N)cc1Br)c1ccc(Br)cc1Br. The summed E-state index contributed by atoms with van der Waals surface area (Å²) >= 11 is 10.5. The van der Waals surface area contributed by atoms with Crippen molar-refractivity contribution in [3.63, 3.8) is 0 Å². The minimum Gasteiger partial charge on any atom is -0.378 e. The summed E-state index contributed by atoms with van der Waals surface area (Å²) in [6.45, 7) is 2.10. The molecular formula is C15H11Br3N2. The van der Waals surface area contributed by atoms with Gasteiger partial charge < -0.3 is 5.32 Å². The number of nitrogens with zero attached hydrogens (tertiary/aromatic N) is 1. The predicted octanol–water partition coefficient (Wildman–Crippen LogP) is 6.02. The van der Waals surface area contributed by atoms with Crippen LogP contribution in [0.3, 0.4) is 0 Å². The van der Waals surface area contributed by atoms with Crippen molar-refractivity contribution < 1.29 is 0 Å². The van der Waals surface area contributed by atoms with Gasteiger partial charge in [0.2, 0.25) is 0 Å². The summed E-state index contributed by atoms with van der Waals surface area (Å²) < 4.78 is 2.98. The van der Waals surface area contributed by atoms with Crippen LogP contribution in [-0.2, 0) is 0 Å². The zero-order valence-corrected chi connectivity index (χ0v) is 15.4. The molecule has 2 nitrogen and oxygen atoms in total. The van der Waals surface area contributed by atoms with E-state index in [-0.39, 0.29) is 6.04 Å². The average molecular weight is 459 g/mol. The fourth-order valence-corrected chi connectivity index (χ4v) is 3.75. The third kappa shape index (κ3) is 3.63. The Hall–Kier alpha value is -0.830. The molecule has 1 unspecified atom stereocenters. The molecular weight excluding hydrogens is 448 g/mol. The lowest BCUT2D eigenvalue weighted by molar-refractivity contribution is 0.877. The minimum absolute atomic E-state index is 0.140. The molecule has 0 spiro atoms. The maximum atomic E-state index is 8.87. The number of anilines is 1. The lowest BCUT2D eigenvalue weighted by atomic mass is 10.1. The summed E-state index contributed by atoms with van der Waals surface area (Å²) in [6, 6.07) is 13.9. The van der Waals surface area contributed by atoms with Gasteiger partial charge in [0.15, 0.2) is 0 Å². The Morgan fingerprint density at radius 3 is 2.40 bits per heavy atom. The largest absolute Gasteiger partial charge is 0.378 e. The molecule has 1 atom stereocenters. The van der Waals surface area contributed by atoms with E-state index in [1.54, 1.807) is 6.07 Å². The second-order valence-corrected chi connectivity index (χ2v) is 6.96. The van der Waals surface area contributed by atoms with Crippen molar-refractivity contribution >= 4 is 53.5 Å². The molecule has 0 aliphatic rings. The quantitative estimate of drug-likeness (QED) is 0.610. The van der Waals surface area contributed by atoms with E-state index in [9.17, 15) is 0 Å². The molecule has 0 aliphatic heterocycles. The normalized spacial score (nSPS) is 11.8. The van der Waals surface area contributed by atoms with E-state index in [4.69, 9.17) is 5.26 Å². The summed E-state index contributed by atoms with van der Waals surface area (Å²) in [5, 5.41) is 12.3. The Balaban J connectivity index is 2.23. The topological polar surface area (TPSA) is 35.8 Å². The van der Waals surface area contributed by atoms with Crippen LogP contribution in [0.2, 0.25) is 0 Å². The fourth-order valence-electron chi connectivity index (χ4n) is 1.87. The molecule has 0 fully saturated rings. The van der Waals surface area contributed by atoms with E-state index in [0.29, 0.717) is 5.56 Å². The molecule has 0 saturated carbocycles. The number of nitriles is 1. The molecule has 0 saturated heterocycles. The molecule has 2 aromatic rings. The van der Waals surface area contributed by atoms with E-state index < -0.39 is 0 Å². The van der Waals surface area contributed by atoms with Crippen LogP contribution in [0.1, 0.15) is 24.1 Å². The van der Waals surface area contributed by atoms with Crippen LogP contribution in [-0.4, -0.2) is 0 Å². The van der Waals surface area contributed by atoms with Gasteiger partial charge in [-0.2, -0.15) is 5.26 Å². The van der Waals surface area contributed by atoms with Crippen molar-refractivity contribution in [2.75, 3.05) is 5.32 Å². The van der Waals surface area contributed by atoms with Gasteiger partial charge in [0, 0.05) is 25.1 Å². The highest BCUT2D eigenvalue weighted by atomic mass is 79.9. The van der Waals surface area contributed by atoms with Crippen LogP contribution >= 0.6 is 47.8 Å². The van der Waals surface area contributed by atoms with Gasteiger partial charge in [-0.25, -0.2) is 0 Å². The van der Waals surface area contributed by atoms with Gasteiger partial charge in [0.05, 0.1) is 11.6 Å². The molecule has 1 N–H and O–H groups in total. The van der Waals surface area contributed by atoms with E-state index in [1.165, 1.54) is 5.56 Å². The first-order chi connectivity index (χ1) is 9.51. The monoisotopic (exact) mass is 456 g/mol. The molecule has 2 aromatic carbocycles. The number of nitrogens with one attached hydrogen (secondary N) is 1. The van der Waals surface area contributed by atoms with Gasteiger partial charge >= 0.3 is 0 Å². The van der Waals surface area contributed by atoms with Crippen molar-refractivity contribution in [3.8, 4) is 6.07 Å². The molecule has 0 aromatic heterocycles. The van der Waals surface area contributed by atoms with Crippen molar-refractivity contribution in [1.29, 1.82) is 5.26 Å². The Kier molecular flexibility index (Phi) is 5.25. The molecule has 0 aliphatic carbocycles. The lowest BCUT2D eigenvalue weighted by Crippen LogP contribution is -2.07. The molecule has 2 rings (SSSR count). The number of hydrogen-bond acceptors (Lipinski definition) is 2. The first-order valence-electron chi connectivity index (χ1n) is 5.92. The zero-order chi connectivity index (χ0) is 14.7. The van der Waals surface area contributed by atoms with E-state index in [2.05, 4.69) is 72.2 Å². The van der Waals surface area contributed by atoms with Gasteiger partial charge in [-0.15, -0.1) is 0 Å². The standard InChI is InChI=1S/C15H11Br3N2/c1-9(12-4-3-11(16)7-13(12)17)20-15-5-2-10(8-19)6-14(15)18/h2-7,9,20H,1H3. The van der Waals surface area contributed by atoms with E-state index in [0.717, 1.165) is 19.1 Å². The van der Waals surface area contributed by atoms with Crippen LogP contribution in [0, 0.1) is 11.3 Å². The third-order valence-corrected chi connectivity index (χ3v) is 4.74. The van der Waals surface area contributed by atoms with Crippen LogP contribution in [0.15, 0.2) is 49.8 Å². The molecule has 102 valence electrons. The summed E-state index contributed by atoms with van der Waals surface area (Å²) in [7, 11) is 0. The summed E-state index contributed by atoms with van der Waals surface area (Å²) in [4.78, 5) is 0. The van der Waals surface area contributed by atoms with Crippen LogP contribution < -0.4 is 5.32 Å². The number of hydrogen-bond donors (Lipinski definition) is 1. The smallest absolute Gasteiger partial charge is 0.0992 e. The second kappa shape index (κ2) is 6.75. The number of benzene rings is 2. The van der Waals surface area contributed by atoms with Gasteiger partial charge in [-0.3, -0.25) is 0 Å². The van der Waals surface area contributed by atoms with Crippen LogP contribution in [0.5, 0.6) is 0 Å². The Labute approximate surface area is 143 Å². The molecule has 0 heterocycles. The molecule has 20 heavy (non-hydrogen) atoms. The minimum atomic E-state index is 0.140. The average Bonchev–Trinajstić information content (AvgIpc) is 2.40. The highest BCUT2D eigenvalue weighted by molar-refractivity contribution is 9.11. The molecule has 5 heteroatoms. The van der Waals surface area contributed by atoms with Crippen molar-refractivity contribution in [2.24, 2.45) is 0 Å². The first-order valence-corrected chi connectivity index (χ1v) is 8.30. The Bertz CT molecular complexity index is 677. The highest BCUT2D eigenvalue weighted by Gasteiger charge is 2.11. The molecule has 0 amide bonds. The highest BCUT2D eigenvalue weighted by Crippen LogP contribution is 2.31. The van der Waals surface area contributed by atoms with Gasteiger partial charge in [0.1, 0.15) is 0 Å². The first kappa shape index (κ1) is 15.6. The Morgan fingerprint density at radius 1 is 1.05 bits per heavy atom. The van der Waals surface area contributed by atoms with Crippen molar-refractivity contribution in [1.82, 2.24) is 0 Å². The van der Waals surface area contributed by atoms with Gasteiger partial charge in [0.25, 0.3) is 0 Å². The van der Waals surface area contributed by atoms with Gasteiger partial charge in [-0.1, -0.05) is 37.9 Å². The maximum Gasteiger partial charge on any atom is 0.0992 e. The van der Waals surface area contributed by atoms with Crippen LogP contribution in [0.25, 0.3) is 0 Å². The third-order valence-electron chi connectivity index (χ3n) is 2.90. The molecule has 0 bridgehead atoms. The van der Waals surface area contributed by atoms with E-state index >= 15 is 0 Å². The lowest BCUT2D eigenvalue weighted by Gasteiger charge is -2.18. The fraction of sp³-hybridized carbons (Fsp3) is 0.133. The van der Waals surface area contributed by atoms with Crippen molar-refractivity contribution in [3.05, 3.63) is 60.9 Å². The van der Waals surface area contributed by atoms with Crippen LogP contribution in [0.4, 0.5) is 5.69 Å². The molecule has 0 radical (unpaired) electrons. The zero-order valence-electron chi connectivity index (χ0n) is 10.6. The number of rotatable bonds is 3. The second-order valence-electron chi connectivity index (χ2n) is 4.34. The van der Waals surface area contributed by atoms with Crippen molar-refractivity contribution in [2.45, 2.75) is 13.0 Å². The van der Waals surface area contributed by atoms with Gasteiger partial charge in [-0.05, 0) is 58.7 Å². The summed E-state index contributed by atoms with van der Waals surface area (Å²) in [5.74, 6) is 0. The maximum absolute atomic E-state index is 8.87. The van der Waals surface area contributed by atoms with E-state index in [1.807, 2.05) is 24.3 Å². The number of halogens is 3. The predicted molar refractivity (Wildman–Crippen MR) is 92.7 cm³/mol.